The molecule has 0 rings (SSSR count). The van der Waals surface area contributed by atoms with Gasteiger partial charge in [-0.15, -0.1) is 6.58 Å². The molecule has 0 amide bonds. The molecule has 2 unspecified atom stereocenters. The van der Waals surface area contributed by atoms with Gasteiger partial charge in [0.05, 0.1) is 18.4 Å². The number of hydrogen-bond acceptors (Lipinski definition) is 3. The van der Waals surface area contributed by atoms with Crippen molar-refractivity contribution < 1.29 is 13.6 Å². The Kier molecular flexibility index (Phi) is 7.16. The summed E-state index contributed by atoms with van der Waals surface area (Å²) in [5.74, 6) is 0. The van der Waals surface area contributed by atoms with Crippen molar-refractivity contribution in [1.82, 2.24) is 0 Å². The normalized spacial score (nSPS) is 19.2. The summed E-state index contributed by atoms with van der Waals surface area (Å²) in [6.45, 7) is 11.4. The van der Waals surface area contributed by atoms with E-state index in [9.17, 15) is 4.57 Å². The molecule has 0 saturated carbocycles. The standard InChI is InChI=1S/C11H23O3P/c1-6-9-15(12,13-10(4)7-2)14-11(5)8-3/h6,10-11H,1,7-9H2,2-5H3. The third kappa shape index (κ3) is 6.14. The zero-order valence-corrected chi connectivity index (χ0v) is 11.1. The maximum atomic E-state index is 12.2. The van der Waals surface area contributed by atoms with E-state index in [1.807, 2.05) is 27.7 Å². The molecule has 0 fully saturated rings. The van der Waals surface area contributed by atoms with Gasteiger partial charge in [-0.1, -0.05) is 19.9 Å². The van der Waals surface area contributed by atoms with E-state index >= 15 is 0 Å². The van der Waals surface area contributed by atoms with Gasteiger partial charge in [0.2, 0.25) is 0 Å². The number of allylic oxidation sites excluding steroid dienone is 1. The molecule has 0 N–H and O–H groups in total. The van der Waals surface area contributed by atoms with E-state index in [1.165, 1.54) is 0 Å². The van der Waals surface area contributed by atoms with Gasteiger partial charge < -0.3 is 9.05 Å². The van der Waals surface area contributed by atoms with Gasteiger partial charge in [-0.3, -0.25) is 4.57 Å². The zero-order valence-electron chi connectivity index (χ0n) is 10.2. The van der Waals surface area contributed by atoms with Crippen LogP contribution in [-0.2, 0) is 13.6 Å². The summed E-state index contributed by atoms with van der Waals surface area (Å²) in [5, 5.41) is 0. The molecule has 0 aromatic heterocycles. The van der Waals surface area contributed by atoms with E-state index in [1.54, 1.807) is 6.08 Å². The van der Waals surface area contributed by atoms with Crippen molar-refractivity contribution in [3.8, 4) is 0 Å². The molecule has 0 aliphatic heterocycles. The lowest BCUT2D eigenvalue weighted by molar-refractivity contribution is 0.125. The minimum absolute atomic E-state index is 0.0418. The van der Waals surface area contributed by atoms with Crippen LogP contribution in [0, 0.1) is 0 Å². The fourth-order valence-electron chi connectivity index (χ4n) is 0.966. The molecule has 0 radical (unpaired) electrons. The molecule has 0 spiro atoms. The molecular weight excluding hydrogens is 211 g/mol. The Hall–Kier alpha value is -0.110. The highest BCUT2D eigenvalue weighted by atomic mass is 31.2. The van der Waals surface area contributed by atoms with E-state index in [0.717, 1.165) is 12.8 Å². The summed E-state index contributed by atoms with van der Waals surface area (Å²) < 4.78 is 23.2. The Labute approximate surface area is 93.4 Å². The minimum Gasteiger partial charge on any atom is -0.305 e. The van der Waals surface area contributed by atoms with E-state index in [-0.39, 0.29) is 18.4 Å². The van der Waals surface area contributed by atoms with Crippen molar-refractivity contribution in [2.45, 2.75) is 52.7 Å². The predicted molar refractivity (Wildman–Crippen MR) is 64.3 cm³/mol. The molecule has 3 nitrogen and oxygen atoms in total. The van der Waals surface area contributed by atoms with Crippen LogP contribution >= 0.6 is 7.60 Å². The summed E-state index contributed by atoms with van der Waals surface area (Å²) in [6.07, 6.45) is 3.43. The van der Waals surface area contributed by atoms with Gasteiger partial charge in [0.15, 0.2) is 0 Å². The maximum Gasteiger partial charge on any atom is 0.334 e. The fourth-order valence-corrected chi connectivity index (χ4v) is 2.90. The van der Waals surface area contributed by atoms with Gasteiger partial charge in [0.1, 0.15) is 0 Å². The Morgan fingerprint density at radius 2 is 1.60 bits per heavy atom. The molecule has 0 saturated heterocycles. The van der Waals surface area contributed by atoms with Crippen molar-refractivity contribution in [2.24, 2.45) is 0 Å². The molecule has 0 bridgehead atoms. The largest absolute Gasteiger partial charge is 0.334 e. The monoisotopic (exact) mass is 234 g/mol. The Morgan fingerprint density at radius 1 is 1.20 bits per heavy atom. The summed E-state index contributed by atoms with van der Waals surface area (Å²) >= 11 is 0. The average molecular weight is 234 g/mol. The SMILES string of the molecule is C=CCP(=O)(OC(C)CC)OC(C)CC. The lowest BCUT2D eigenvalue weighted by Crippen LogP contribution is -2.12. The molecule has 90 valence electrons. The van der Waals surface area contributed by atoms with Crippen LogP contribution in [0.5, 0.6) is 0 Å². The molecule has 2 atom stereocenters. The van der Waals surface area contributed by atoms with Gasteiger partial charge >= 0.3 is 7.60 Å². The predicted octanol–water partition coefficient (Wildman–Crippen LogP) is 4.00. The Bertz CT molecular complexity index is 212. The van der Waals surface area contributed by atoms with Crippen molar-refractivity contribution in [3.63, 3.8) is 0 Å². The van der Waals surface area contributed by atoms with Crippen LogP contribution in [0.4, 0.5) is 0 Å². The topological polar surface area (TPSA) is 35.5 Å². The first-order chi connectivity index (χ1) is 6.97. The zero-order chi connectivity index (χ0) is 11.9. The first-order valence-corrected chi connectivity index (χ1v) is 7.27. The van der Waals surface area contributed by atoms with Crippen LogP contribution in [0.25, 0.3) is 0 Å². The quantitative estimate of drug-likeness (QED) is 0.470. The third-order valence-corrected chi connectivity index (χ3v) is 4.25. The second-order valence-electron chi connectivity index (χ2n) is 3.73. The minimum atomic E-state index is -2.98. The fraction of sp³-hybridized carbons (Fsp3) is 0.818. The highest BCUT2D eigenvalue weighted by molar-refractivity contribution is 7.54. The highest BCUT2D eigenvalue weighted by Crippen LogP contribution is 2.51. The average Bonchev–Trinajstić information content (AvgIpc) is 2.17. The van der Waals surface area contributed by atoms with Crippen LogP contribution < -0.4 is 0 Å². The maximum absolute atomic E-state index is 12.2. The second-order valence-corrected chi connectivity index (χ2v) is 5.74. The first-order valence-electron chi connectivity index (χ1n) is 5.54. The van der Waals surface area contributed by atoms with Gasteiger partial charge in [-0.25, -0.2) is 0 Å². The Morgan fingerprint density at radius 3 is 1.87 bits per heavy atom. The molecule has 0 heterocycles. The van der Waals surface area contributed by atoms with Crippen LogP contribution in [0.3, 0.4) is 0 Å². The summed E-state index contributed by atoms with van der Waals surface area (Å²) in [6, 6.07) is 0. The van der Waals surface area contributed by atoms with Crippen molar-refractivity contribution in [2.75, 3.05) is 6.16 Å². The molecule has 15 heavy (non-hydrogen) atoms. The second kappa shape index (κ2) is 7.21. The molecular formula is C11H23O3P. The number of hydrogen-bond donors (Lipinski definition) is 0. The molecule has 0 aliphatic carbocycles. The van der Waals surface area contributed by atoms with Crippen LogP contribution in [0.15, 0.2) is 12.7 Å². The summed E-state index contributed by atoms with van der Waals surface area (Å²) in [5.41, 5.74) is 0. The van der Waals surface area contributed by atoms with Gasteiger partial charge in [-0.2, -0.15) is 0 Å². The van der Waals surface area contributed by atoms with E-state index in [2.05, 4.69) is 6.58 Å². The van der Waals surface area contributed by atoms with E-state index in [4.69, 9.17) is 9.05 Å². The summed E-state index contributed by atoms with van der Waals surface area (Å²) in [7, 11) is -2.98. The molecule has 4 heteroatoms. The Balaban J connectivity index is 4.44. The van der Waals surface area contributed by atoms with Crippen molar-refractivity contribution in [3.05, 3.63) is 12.7 Å². The lowest BCUT2D eigenvalue weighted by atomic mass is 10.3. The molecule has 0 aromatic rings. The third-order valence-electron chi connectivity index (χ3n) is 2.18. The first kappa shape index (κ1) is 14.9. The van der Waals surface area contributed by atoms with Crippen LogP contribution in [-0.4, -0.2) is 18.4 Å². The van der Waals surface area contributed by atoms with Crippen LogP contribution in [0.2, 0.25) is 0 Å². The molecule has 0 aromatic carbocycles. The number of rotatable bonds is 8. The van der Waals surface area contributed by atoms with Gasteiger partial charge in [-0.05, 0) is 26.7 Å². The van der Waals surface area contributed by atoms with Gasteiger partial charge in [0.25, 0.3) is 0 Å². The van der Waals surface area contributed by atoms with E-state index in [0.29, 0.717) is 0 Å². The summed E-state index contributed by atoms with van der Waals surface area (Å²) in [4.78, 5) is 0. The van der Waals surface area contributed by atoms with Crippen molar-refractivity contribution in [1.29, 1.82) is 0 Å². The molecule has 0 aliphatic rings. The highest BCUT2D eigenvalue weighted by Gasteiger charge is 2.27. The lowest BCUT2D eigenvalue weighted by Gasteiger charge is -2.23. The van der Waals surface area contributed by atoms with E-state index < -0.39 is 7.60 Å². The van der Waals surface area contributed by atoms with Crippen molar-refractivity contribution >= 4 is 7.60 Å². The van der Waals surface area contributed by atoms with Crippen LogP contribution in [0.1, 0.15) is 40.5 Å². The van der Waals surface area contributed by atoms with Gasteiger partial charge in [0, 0.05) is 0 Å². The smallest absolute Gasteiger partial charge is 0.305 e.